The van der Waals surface area contributed by atoms with Gasteiger partial charge in [-0.3, -0.25) is 4.79 Å². The van der Waals surface area contributed by atoms with Crippen LogP contribution in [-0.4, -0.2) is 34.0 Å². The normalized spacial score (nSPS) is 18.4. The van der Waals surface area contributed by atoms with Crippen LogP contribution >= 0.6 is 0 Å². The minimum absolute atomic E-state index is 0.0357. The van der Waals surface area contributed by atoms with Crippen LogP contribution in [0.4, 0.5) is 0 Å². The number of benzene rings is 1. The second kappa shape index (κ2) is 8.60. The molecule has 1 atom stereocenters. The summed E-state index contributed by atoms with van der Waals surface area (Å²) in [7, 11) is -3.68. The fourth-order valence-electron chi connectivity index (χ4n) is 3.13. The maximum absolute atomic E-state index is 12.3. The van der Waals surface area contributed by atoms with E-state index < -0.39 is 10.0 Å². The Labute approximate surface area is 144 Å². The van der Waals surface area contributed by atoms with Gasteiger partial charge in [0.25, 0.3) is 5.91 Å². The summed E-state index contributed by atoms with van der Waals surface area (Å²) in [4.78, 5) is 13.7. The molecule has 0 unspecified atom stereocenters. The molecule has 6 nitrogen and oxygen atoms in total. The van der Waals surface area contributed by atoms with Crippen molar-refractivity contribution in [3.8, 4) is 0 Å². The molecule has 0 bridgehead atoms. The molecule has 0 aliphatic carbocycles. The molecule has 1 aliphatic rings. The van der Waals surface area contributed by atoms with Gasteiger partial charge in [0, 0.05) is 0 Å². The maximum atomic E-state index is 12.3. The zero-order valence-electron chi connectivity index (χ0n) is 14.3. The average molecular weight is 354 g/mol. The van der Waals surface area contributed by atoms with Crippen molar-refractivity contribution in [2.24, 2.45) is 5.14 Å². The maximum Gasteiger partial charge on any atom is 0.275 e. The van der Waals surface area contributed by atoms with Crippen LogP contribution in [0, 0.1) is 0 Å². The van der Waals surface area contributed by atoms with Gasteiger partial charge < -0.3 is 10.2 Å². The van der Waals surface area contributed by atoms with Gasteiger partial charge in [-0.2, -0.15) is 0 Å². The Morgan fingerprint density at radius 1 is 1.12 bits per heavy atom. The fourth-order valence-corrected chi connectivity index (χ4v) is 3.65. The Hall–Kier alpha value is -1.44. The third-order valence-corrected chi connectivity index (χ3v) is 5.49. The van der Waals surface area contributed by atoms with E-state index in [-0.39, 0.29) is 16.8 Å². The Morgan fingerprint density at radius 2 is 1.67 bits per heavy atom. The Balaban J connectivity index is 1.88. The highest BCUT2D eigenvalue weighted by Crippen LogP contribution is 2.15. The molecule has 0 spiro atoms. The van der Waals surface area contributed by atoms with Crippen molar-refractivity contribution in [3.63, 3.8) is 0 Å². The van der Waals surface area contributed by atoms with Crippen molar-refractivity contribution >= 4 is 15.9 Å². The van der Waals surface area contributed by atoms with Gasteiger partial charge in [-0.25, -0.2) is 13.6 Å². The van der Waals surface area contributed by atoms with Crippen molar-refractivity contribution in [1.82, 2.24) is 5.32 Å². The number of nitrogens with one attached hydrogen (secondary N) is 2. The molecule has 4 N–H and O–H groups in total. The summed E-state index contributed by atoms with van der Waals surface area (Å²) in [6, 6.07) is 6.15. The molecule has 24 heavy (non-hydrogen) atoms. The molecule has 0 saturated carbocycles. The van der Waals surface area contributed by atoms with Gasteiger partial charge >= 0.3 is 0 Å². The lowest BCUT2D eigenvalue weighted by atomic mass is 10.1. The highest BCUT2D eigenvalue weighted by molar-refractivity contribution is 7.89. The van der Waals surface area contributed by atoms with Crippen molar-refractivity contribution in [2.45, 2.75) is 50.0 Å². The molecule has 7 heteroatoms. The number of nitrogens with two attached hydrogens (primary N) is 1. The van der Waals surface area contributed by atoms with Gasteiger partial charge in [-0.15, -0.1) is 0 Å². The SMILES string of the molecule is C[C@@H](NC(=O)C[NH+]1CCCCCCC1)c1ccc(S(N)(=O)=O)cc1. The largest absolute Gasteiger partial charge is 0.345 e. The first-order valence-electron chi connectivity index (χ1n) is 8.62. The zero-order chi connectivity index (χ0) is 17.6. The van der Waals surface area contributed by atoms with Gasteiger partial charge in [-0.1, -0.05) is 18.6 Å². The van der Waals surface area contributed by atoms with E-state index in [1.54, 1.807) is 12.1 Å². The number of carbonyl (C=O) groups is 1. The molecule has 1 fully saturated rings. The van der Waals surface area contributed by atoms with Crippen LogP contribution in [0.2, 0.25) is 0 Å². The standard InChI is InChI=1S/C17H27N3O3S/c1-14(15-7-9-16(10-8-15)24(18,22)23)19-17(21)13-20-11-5-3-2-4-6-12-20/h7-10,14H,2-6,11-13H2,1H3,(H,19,21)(H2,18,22,23)/p+1/t14-/m1/s1. The van der Waals surface area contributed by atoms with E-state index in [0.717, 1.165) is 18.7 Å². The van der Waals surface area contributed by atoms with E-state index >= 15 is 0 Å². The summed E-state index contributed by atoms with van der Waals surface area (Å²) in [5, 5.41) is 8.09. The molecule has 1 aromatic carbocycles. The van der Waals surface area contributed by atoms with Crippen molar-refractivity contribution in [1.29, 1.82) is 0 Å². The summed E-state index contributed by atoms with van der Waals surface area (Å²) < 4.78 is 22.5. The molecule has 1 heterocycles. The van der Waals surface area contributed by atoms with Gasteiger partial charge in [-0.05, 0) is 50.3 Å². The number of quaternary nitrogens is 1. The molecule has 0 aromatic heterocycles. The van der Waals surface area contributed by atoms with E-state index in [1.807, 2.05) is 6.92 Å². The molecular formula is C17H28N3O3S+. The van der Waals surface area contributed by atoms with Crippen molar-refractivity contribution < 1.29 is 18.1 Å². The fraction of sp³-hybridized carbons (Fsp3) is 0.588. The summed E-state index contributed by atoms with van der Waals surface area (Å²) in [5.41, 5.74) is 0.860. The number of sulfonamides is 1. The topological polar surface area (TPSA) is 93.7 Å². The minimum Gasteiger partial charge on any atom is -0.345 e. The molecule has 1 aliphatic heterocycles. The van der Waals surface area contributed by atoms with Gasteiger partial charge in [0.2, 0.25) is 10.0 Å². The molecular weight excluding hydrogens is 326 g/mol. The van der Waals surface area contributed by atoms with Gasteiger partial charge in [0.05, 0.1) is 24.0 Å². The van der Waals surface area contributed by atoms with Crippen LogP contribution in [0.15, 0.2) is 29.2 Å². The lowest BCUT2D eigenvalue weighted by Gasteiger charge is -2.22. The zero-order valence-corrected chi connectivity index (χ0v) is 15.1. The Morgan fingerprint density at radius 3 is 2.21 bits per heavy atom. The van der Waals surface area contributed by atoms with E-state index in [0.29, 0.717) is 6.54 Å². The van der Waals surface area contributed by atoms with Crippen LogP contribution in [-0.2, 0) is 14.8 Å². The first-order valence-corrected chi connectivity index (χ1v) is 10.2. The number of carbonyl (C=O) groups excluding carboxylic acids is 1. The number of hydrogen-bond donors (Lipinski definition) is 3. The summed E-state index contributed by atoms with van der Waals surface area (Å²) in [6.45, 7) is 4.52. The summed E-state index contributed by atoms with van der Waals surface area (Å²) >= 11 is 0. The number of likely N-dealkylation sites (tertiary alicyclic amines) is 1. The van der Waals surface area contributed by atoms with Crippen LogP contribution < -0.4 is 15.4 Å². The predicted octanol–water partition coefficient (Wildman–Crippen LogP) is 0.360. The van der Waals surface area contributed by atoms with Crippen LogP contribution in [0.25, 0.3) is 0 Å². The van der Waals surface area contributed by atoms with Gasteiger partial charge in [0.1, 0.15) is 0 Å². The smallest absolute Gasteiger partial charge is 0.275 e. The molecule has 134 valence electrons. The predicted molar refractivity (Wildman–Crippen MR) is 93.0 cm³/mol. The highest BCUT2D eigenvalue weighted by Gasteiger charge is 2.18. The van der Waals surface area contributed by atoms with Crippen LogP contribution in [0.5, 0.6) is 0 Å². The van der Waals surface area contributed by atoms with Crippen LogP contribution in [0.3, 0.4) is 0 Å². The molecule has 1 aromatic rings. The quantitative estimate of drug-likeness (QED) is 0.713. The second-order valence-electron chi connectivity index (χ2n) is 6.60. The third kappa shape index (κ3) is 5.89. The summed E-state index contributed by atoms with van der Waals surface area (Å²) in [6.07, 6.45) is 6.21. The molecule has 2 rings (SSSR count). The first-order chi connectivity index (χ1) is 11.4. The van der Waals surface area contributed by atoms with E-state index in [2.05, 4.69) is 5.32 Å². The average Bonchev–Trinajstić information content (AvgIpc) is 2.49. The van der Waals surface area contributed by atoms with E-state index in [4.69, 9.17) is 5.14 Å². The number of primary sulfonamides is 1. The number of rotatable bonds is 5. The van der Waals surface area contributed by atoms with E-state index in [1.165, 1.54) is 49.1 Å². The van der Waals surface area contributed by atoms with Crippen LogP contribution in [0.1, 0.15) is 50.6 Å². The second-order valence-corrected chi connectivity index (χ2v) is 8.16. The Bertz CT molecular complexity index is 636. The molecule has 1 amide bonds. The van der Waals surface area contributed by atoms with Crippen molar-refractivity contribution in [3.05, 3.63) is 29.8 Å². The first kappa shape index (κ1) is 18.9. The minimum atomic E-state index is -3.68. The summed E-state index contributed by atoms with van der Waals surface area (Å²) in [5.74, 6) is 0.0357. The number of amides is 1. The molecule has 0 radical (unpaired) electrons. The van der Waals surface area contributed by atoms with Crippen molar-refractivity contribution in [2.75, 3.05) is 19.6 Å². The third-order valence-electron chi connectivity index (χ3n) is 4.56. The molecule has 1 saturated heterocycles. The lowest BCUT2D eigenvalue weighted by Crippen LogP contribution is -3.13. The van der Waals surface area contributed by atoms with E-state index in [9.17, 15) is 13.2 Å². The lowest BCUT2D eigenvalue weighted by molar-refractivity contribution is -0.893. The monoisotopic (exact) mass is 354 g/mol. The highest BCUT2D eigenvalue weighted by atomic mass is 32.2. The number of hydrogen-bond acceptors (Lipinski definition) is 3. The van der Waals surface area contributed by atoms with Gasteiger partial charge in [0.15, 0.2) is 6.54 Å². The Kier molecular flexibility index (Phi) is 6.77.